The highest BCUT2D eigenvalue weighted by molar-refractivity contribution is 5.75. The van der Waals surface area contributed by atoms with E-state index in [2.05, 4.69) is 33.0 Å². The van der Waals surface area contributed by atoms with E-state index in [1.807, 2.05) is 13.8 Å². The third kappa shape index (κ3) is 13.5. The molecular formula is C13H29NO. The van der Waals surface area contributed by atoms with Gasteiger partial charge in [0.1, 0.15) is 0 Å². The summed E-state index contributed by atoms with van der Waals surface area (Å²) < 4.78 is 0. The molecule has 0 aromatic heterocycles. The largest absolute Gasteiger partial charge is 0.356 e. The van der Waals surface area contributed by atoms with E-state index in [9.17, 15) is 4.79 Å². The number of rotatable bonds is 5. The van der Waals surface area contributed by atoms with Crippen molar-refractivity contribution >= 4 is 5.91 Å². The van der Waals surface area contributed by atoms with E-state index in [0.29, 0.717) is 11.8 Å². The molecule has 92 valence electrons. The average Bonchev–Trinajstić information content (AvgIpc) is 2.20. The van der Waals surface area contributed by atoms with Crippen molar-refractivity contribution in [3.05, 3.63) is 0 Å². The van der Waals surface area contributed by atoms with Gasteiger partial charge in [0.15, 0.2) is 0 Å². The Morgan fingerprint density at radius 1 is 1.07 bits per heavy atom. The fraction of sp³-hybridized carbons (Fsp3) is 0.923. The zero-order chi connectivity index (χ0) is 12.3. The first-order valence-electron chi connectivity index (χ1n) is 6.20. The molecule has 0 radical (unpaired) electrons. The Bertz CT molecular complexity index is 139. The van der Waals surface area contributed by atoms with Crippen molar-refractivity contribution in [1.82, 2.24) is 5.32 Å². The number of carbonyl (C=O) groups excluding carboxylic acids is 1. The molecule has 1 amide bonds. The van der Waals surface area contributed by atoms with E-state index < -0.39 is 0 Å². The molecule has 0 spiro atoms. The van der Waals surface area contributed by atoms with Gasteiger partial charge in [0.25, 0.3) is 0 Å². The summed E-state index contributed by atoms with van der Waals surface area (Å²) in [6.07, 6.45) is 4.19. The molecule has 0 aliphatic heterocycles. The molecule has 0 saturated carbocycles. The molecular weight excluding hydrogens is 186 g/mol. The summed E-state index contributed by atoms with van der Waals surface area (Å²) in [6.45, 7) is 13.7. The Labute approximate surface area is 95.8 Å². The minimum absolute atomic E-state index is 0.162. The third-order valence-corrected chi connectivity index (χ3v) is 2.77. The van der Waals surface area contributed by atoms with Gasteiger partial charge < -0.3 is 5.32 Å². The van der Waals surface area contributed by atoms with Crippen molar-refractivity contribution in [2.75, 3.05) is 6.54 Å². The predicted octanol–water partition coefficient (Wildman–Crippen LogP) is 3.76. The van der Waals surface area contributed by atoms with Crippen molar-refractivity contribution in [2.45, 2.75) is 67.2 Å². The van der Waals surface area contributed by atoms with Crippen LogP contribution in [-0.4, -0.2) is 12.5 Å². The monoisotopic (exact) mass is 215 g/mol. The number of nitrogens with one attached hydrogen (secondary N) is 1. The normalized spacial score (nSPS) is 10.3. The summed E-state index contributed by atoms with van der Waals surface area (Å²) in [4.78, 5) is 10.5. The molecule has 0 bridgehead atoms. The van der Waals surface area contributed by atoms with Crippen LogP contribution in [0, 0.1) is 5.41 Å². The molecule has 0 aromatic carbocycles. The van der Waals surface area contributed by atoms with Crippen LogP contribution in [0.3, 0.4) is 0 Å². The molecule has 0 unspecified atom stereocenters. The maximum absolute atomic E-state index is 10.5. The first kappa shape index (κ1) is 16.9. The Morgan fingerprint density at radius 3 is 1.73 bits per heavy atom. The standard InChI is InChI=1S/C7H16.C6H13NO/c1-5-7(3,4)6-2;1-3-5-6(8)7-4-2/h5-6H2,1-4H3;3-5H2,1-2H3,(H,7,8). The number of amides is 1. The Hall–Kier alpha value is -0.530. The lowest BCUT2D eigenvalue weighted by Crippen LogP contribution is -2.21. The quantitative estimate of drug-likeness (QED) is 0.743. The van der Waals surface area contributed by atoms with Gasteiger partial charge in [0.2, 0.25) is 5.91 Å². The van der Waals surface area contributed by atoms with E-state index in [1.165, 1.54) is 12.8 Å². The molecule has 0 rings (SSSR count). The van der Waals surface area contributed by atoms with E-state index in [4.69, 9.17) is 0 Å². The summed E-state index contributed by atoms with van der Waals surface area (Å²) >= 11 is 0. The number of hydrogen-bond acceptors (Lipinski definition) is 1. The van der Waals surface area contributed by atoms with Gasteiger partial charge in [-0.3, -0.25) is 4.79 Å². The predicted molar refractivity (Wildman–Crippen MR) is 68.0 cm³/mol. The van der Waals surface area contributed by atoms with Gasteiger partial charge in [-0.25, -0.2) is 0 Å². The van der Waals surface area contributed by atoms with Crippen LogP contribution in [0.1, 0.15) is 67.2 Å². The van der Waals surface area contributed by atoms with Gasteiger partial charge in [-0.2, -0.15) is 0 Å². The summed E-state index contributed by atoms with van der Waals surface area (Å²) in [5.41, 5.74) is 0.583. The maximum Gasteiger partial charge on any atom is 0.219 e. The average molecular weight is 215 g/mol. The molecule has 2 heteroatoms. The molecule has 0 heterocycles. The second-order valence-electron chi connectivity index (χ2n) is 4.57. The van der Waals surface area contributed by atoms with Crippen LogP contribution in [0.5, 0.6) is 0 Å². The van der Waals surface area contributed by atoms with Crippen LogP contribution in [0.25, 0.3) is 0 Å². The van der Waals surface area contributed by atoms with Crippen molar-refractivity contribution in [3.8, 4) is 0 Å². The molecule has 0 saturated heterocycles. The van der Waals surface area contributed by atoms with E-state index in [1.54, 1.807) is 0 Å². The van der Waals surface area contributed by atoms with Crippen LogP contribution in [-0.2, 0) is 4.79 Å². The Morgan fingerprint density at radius 2 is 1.53 bits per heavy atom. The summed E-state index contributed by atoms with van der Waals surface area (Å²) in [6, 6.07) is 0. The molecule has 15 heavy (non-hydrogen) atoms. The second kappa shape index (κ2) is 10.0. The van der Waals surface area contributed by atoms with Gasteiger partial charge in [0, 0.05) is 13.0 Å². The van der Waals surface area contributed by atoms with Crippen LogP contribution in [0.15, 0.2) is 0 Å². The molecule has 2 nitrogen and oxygen atoms in total. The van der Waals surface area contributed by atoms with Crippen molar-refractivity contribution in [2.24, 2.45) is 5.41 Å². The molecule has 0 aliphatic carbocycles. The van der Waals surface area contributed by atoms with E-state index >= 15 is 0 Å². The van der Waals surface area contributed by atoms with Gasteiger partial charge in [-0.15, -0.1) is 0 Å². The van der Waals surface area contributed by atoms with Crippen LogP contribution < -0.4 is 5.32 Å². The lowest BCUT2D eigenvalue weighted by Gasteiger charge is -2.18. The van der Waals surface area contributed by atoms with Gasteiger partial charge in [-0.05, 0) is 18.8 Å². The lowest BCUT2D eigenvalue weighted by molar-refractivity contribution is -0.121. The molecule has 0 aliphatic rings. The summed E-state index contributed by atoms with van der Waals surface area (Å²) in [7, 11) is 0. The molecule has 0 aromatic rings. The lowest BCUT2D eigenvalue weighted by atomic mass is 9.88. The van der Waals surface area contributed by atoms with E-state index in [-0.39, 0.29) is 5.91 Å². The van der Waals surface area contributed by atoms with E-state index in [0.717, 1.165) is 13.0 Å². The number of carbonyl (C=O) groups is 1. The highest BCUT2D eigenvalue weighted by Crippen LogP contribution is 2.22. The minimum Gasteiger partial charge on any atom is -0.356 e. The Balaban J connectivity index is 0. The van der Waals surface area contributed by atoms with Gasteiger partial charge in [0.05, 0.1) is 0 Å². The zero-order valence-corrected chi connectivity index (χ0v) is 11.4. The third-order valence-electron chi connectivity index (χ3n) is 2.77. The first-order valence-corrected chi connectivity index (χ1v) is 6.20. The first-order chi connectivity index (χ1) is 6.93. The fourth-order valence-corrected chi connectivity index (χ4v) is 0.763. The van der Waals surface area contributed by atoms with Gasteiger partial charge in [-0.1, -0.05) is 47.5 Å². The summed E-state index contributed by atoms with van der Waals surface area (Å²) in [5.74, 6) is 0.162. The van der Waals surface area contributed by atoms with Crippen LogP contribution in [0.4, 0.5) is 0 Å². The maximum atomic E-state index is 10.5. The topological polar surface area (TPSA) is 29.1 Å². The molecule has 0 atom stereocenters. The van der Waals surface area contributed by atoms with Crippen LogP contribution >= 0.6 is 0 Å². The van der Waals surface area contributed by atoms with Crippen molar-refractivity contribution in [3.63, 3.8) is 0 Å². The molecule has 0 fully saturated rings. The van der Waals surface area contributed by atoms with Crippen molar-refractivity contribution in [1.29, 1.82) is 0 Å². The second-order valence-corrected chi connectivity index (χ2v) is 4.57. The van der Waals surface area contributed by atoms with Crippen molar-refractivity contribution < 1.29 is 4.79 Å². The Kier molecular flexibility index (Phi) is 11.3. The number of hydrogen-bond donors (Lipinski definition) is 1. The van der Waals surface area contributed by atoms with Crippen LogP contribution in [0.2, 0.25) is 0 Å². The van der Waals surface area contributed by atoms with Gasteiger partial charge >= 0.3 is 0 Å². The highest BCUT2D eigenvalue weighted by Gasteiger charge is 2.09. The SMILES string of the molecule is CCC(C)(C)CC.CCCC(=O)NCC. The highest BCUT2D eigenvalue weighted by atomic mass is 16.1. The molecule has 1 N–H and O–H groups in total. The summed E-state index contributed by atoms with van der Waals surface area (Å²) in [5, 5.41) is 2.71. The smallest absolute Gasteiger partial charge is 0.219 e. The minimum atomic E-state index is 0.162. The fourth-order valence-electron chi connectivity index (χ4n) is 0.763. The zero-order valence-electron chi connectivity index (χ0n) is 11.4.